The number of ether oxygens (including phenoxy) is 4. The summed E-state index contributed by atoms with van der Waals surface area (Å²) in [7, 11) is -9.92. The molecule has 0 aliphatic carbocycles. The molecule has 0 radical (unpaired) electrons. The van der Waals surface area contributed by atoms with Gasteiger partial charge in [-0.3, -0.25) is 37.3 Å². The predicted molar refractivity (Wildman–Crippen MR) is 409 cm³/mol. The predicted octanol–water partition coefficient (Wildman–Crippen LogP) is 24.3. The molecule has 100 heavy (non-hydrogen) atoms. The Bertz CT molecular complexity index is 1930. The molecule has 0 aromatic heterocycles. The third-order valence-corrected chi connectivity index (χ3v) is 21.2. The number of phosphoric acid groups is 2. The van der Waals surface area contributed by atoms with Crippen LogP contribution >= 0.6 is 15.6 Å². The van der Waals surface area contributed by atoms with Gasteiger partial charge in [-0.1, -0.05) is 375 Å². The molecule has 0 spiro atoms. The largest absolute Gasteiger partial charge is 0.472 e. The molecule has 0 fully saturated rings. The second-order valence-corrected chi connectivity index (χ2v) is 32.8. The van der Waals surface area contributed by atoms with E-state index in [1.165, 1.54) is 244 Å². The molecule has 0 aliphatic rings. The van der Waals surface area contributed by atoms with Crippen LogP contribution in [0.4, 0.5) is 0 Å². The van der Waals surface area contributed by atoms with Crippen LogP contribution in [0.2, 0.25) is 0 Å². The molecule has 6 atom stereocenters. The van der Waals surface area contributed by atoms with Gasteiger partial charge in [-0.15, -0.1) is 0 Å². The summed E-state index contributed by atoms with van der Waals surface area (Å²) in [6.07, 6.45) is 62.3. The summed E-state index contributed by atoms with van der Waals surface area (Å²) >= 11 is 0. The summed E-state index contributed by atoms with van der Waals surface area (Å²) in [6.45, 7) is 9.71. The Morgan fingerprint density at radius 2 is 0.510 bits per heavy atom. The first-order valence-electron chi connectivity index (χ1n) is 42.0. The zero-order valence-electron chi connectivity index (χ0n) is 65.5. The Hall–Kier alpha value is -1.94. The molecular formula is C81H158O17P2. The molecule has 0 aliphatic heterocycles. The van der Waals surface area contributed by atoms with Gasteiger partial charge in [-0.25, -0.2) is 9.13 Å². The second-order valence-electron chi connectivity index (χ2n) is 29.9. The van der Waals surface area contributed by atoms with Crippen LogP contribution in [0, 0.1) is 11.8 Å². The van der Waals surface area contributed by atoms with Gasteiger partial charge in [0.15, 0.2) is 12.2 Å². The Morgan fingerprint density at radius 3 is 0.760 bits per heavy atom. The van der Waals surface area contributed by atoms with Crippen LogP contribution in [0.5, 0.6) is 0 Å². The van der Waals surface area contributed by atoms with Crippen LogP contribution in [0.15, 0.2) is 0 Å². The zero-order chi connectivity index (χ0) is 73.5. The van der Waals surface area contributed by atoms with Crippen LogP contribution in [0.25, 0.3) is 0 Å². The molecule has 0 saturated carbocycles. The summed E-state index contributed by atoms with van der Waals surface area (Å²) in [5, 5.41) is 10.6. The SMILES string of the molecule is CCCCCCCCCCCCCCCC(=O)O[C@H](COC(=O)CCCCCCCCCCCC)COP(=O)(O)OC[C@H](O)COP(=O)(O)OC[C@@H](COC(=O)CCCCCCCCCCCCCCC(C)C)OC(=O)CCCCCCCCCCCCCCCCCCCCC(C)CC. The molecule has 17 nitrogen and oxygen atoms in total. The molecule has 3 unspecified atom stereocenters. The number of carbonyl (C=O) groups excluding carboxylic acids is 4. The van der Waals surface area contributed by atoms with Crippen LogP contribution in [0.1, 0.15) is 427 Å². The van der Waals surface area contributed by atoms with E-state index < -0.39 is 97.5 Å². The fraction of sp³-hybridized carbons (Fsp3) is 0.951. The quantitative estimate of drug-likeness (QED) is 0.0222. The molecule has 594 valence electrons. The lowest BCUT2D eigenvalue weighted by atomic mass is 9.99. The molecule has 0 aromatic carbocycles. The number of unbranched alkanes of at least 4 members (excludes halogenated alkanes) is 49. The third kappa shape index (κ3) is 73.0. The number of esters is 4. The number of aliphatic hydroxyl groups is 1. The highest BCUT2D eigenvalue weighted by Gasteiger charge is 2.30. The first-order chi connectivity index (χ1) is 48.4. The maximum Gasteiger partial charge on any atom is 0.472 e. The molecule has 0 amide bonds. The number of carbonyl (C=O) groups is 4. The van der Waals surface area contributed by atoms with E-state index in [4.69, 9.17) is 37.0 Å². The van der Waals surface area contributed by atoms with E-state index in [0.29, 0.717) is 25.7 Å². The lowest BCUT2D eigenvalue weighted by Gasteiger charge is -2.21. The lowest BCUT2D eigenvalue weighted by Crippen LogP contribution is -2.30. The fourth-order valence-corrected chi connectivity index (χ4v) is 14.1. The Kier molecular flexibility index (Phi) is 71.2. The van der Waals surface area contributed by atoms with Gasteiger partial charge >= 0.3 is 39.5 Å². The highest BCUT2D eigenvalue weighted by atomic mass is 31.2. The van der Waals surface area contributed by atoms with Gasteiger partial charge in [-0.05, 0) is 37.5 Å². The van der Waals surface area contributed by atoms with Crippen molar-refractivity contribution < 1.29 is 80.2 Å². The first kappa shape index (κ1) is 98.1. The van der Waals surface area contributed by atoms with E-state index in [0.717, 1.165) is 102 Å². The summed E-state index contributed by atoms with van der Waals surface area (Å²) in [5.74, 6) is -0.455. The van der Waals surface area contributed by atoms with Crippen molar-refractivity contribution in [2.24, 2.45) is 11.8 Å². The van der Waals surface area contributed by atoms with E-state index in [1.807, 2.05) is 0 Å². The van der Waals surface area contributed by atoms with Crippen molar-refractivity contribution in [3.8, 4) is 0 Å². The van der Waals surface area contributed by atoms with Crippen LogP contribution in [-0.4, -0.2) is 96.7 Å². The van der Waals surface area contributed by atoms with E-state index >= 15 is 0 Å². The molecule has 0 saturated heterocycles. The number of rotatable bonds is 80. The van der Waals surface area contributed by atoms with Crippen molar-refractivity contribution in [2.75, 3.05) is 39.6 Å². The molecule has 0 aromatic rings. The van der Waals surface area contributed by atoms with Crippen molar-refractivity contribution in [3.05, 3.63) is 0 Å². The van der Waals surface area contributed by atoms with Crippen LogP contribution in [0.3, 0.4) is 0 Å². The molecule has 19 heteroatoms. The molecular weight excluding hydrogens is 1310 g/mol. The number of hydrogen-bond donors (Lipinski definition) is 3. The van der Waals surface area contributed by atoms with Crippen molar-refractivity contribution in [1.29, 1.82) is 0 Å². The van der Waals surface area contributed by atoms with E-state index in [1.54, 1.807) is 0 Å². The number of aliphatic hydroxyl groups excluding tert-OH is 1. The maximum atomic E-state index is 13.1. The fourth-order valence-electron chi connectivity index (χ4n) is 12.5. The highest BCUT2D eigenvalue weighted by Crippen LogP contribution is 2.45. The van der Waals surface area contributed by atoms with Crippen molar-refractivity contribution in [2.45, 2.75) is 445 Å². The van der Waals surface area contributed by atoms with Crippen molar-refractivity contribution in [3.63, 3.8) is 0 Å². The van der Waals surface area contributed by atoms with Gasteiger partial charge in [0, 0.05) is 25.7 Å². The summed E-state index contributed by atoms with van der Waals surface area (Å²) in [6, 6.07) is 0. The Balaban J connectivity index is 5.21. The van der Waals surface area contributed by atoms with Gasteiger partial charge in [0.1, 0.15) is 19.3 Å². The summed E-state index contributed by atoms with van der Waals surface area (Å²) in [5.41, 5.74) is 0. The number of phosphoric ester groups is 2. The molecule has 0 heterocycles. The normalized spacial score (nSPS) is 14.2. The Labute approximate surface area is 613 Å². The van der Waals surface area contributed by atoms with Gasteiger partial charge in [0.2, 0.25) is 0 Å². The standard InChI is InChI=1S/C81H158O17P2/c1-7-10-12-14-16-18-20-27-35-41-47-53-59-65-80(85)97-76(69-91-78(83)63-57-51-45-39-19-17-15-13-11-8-2)71-95-99(87,88)93-67-75(82)68-94-100(89,90)96-72-77(70-92-79(84)64-58-52-46-40-34-31-30-32-37-43-49-55-61-73(4)5)98-81(86)66-60-54-48-42-36-29-26-24-22-21-23-25-28-33-38-44-50-56-62-74(6)9-3/h73-77,82H,7-72H2,1-6H3,(H,87,88)(H,89,90)/t74?,75-,76+,77+/m0/s1. The molecule has 0 rings (SSSR count). The molecule has 3 N–H and O–H groups in total. The van der Waals surface area contributed by atoms with Gasteiger partial charge < -0.3 is 33.8 Å². The first-order valence-corrected chi connectivity index (χ1v) is 45.0. The van der Waals surface area contributed by atoms with E-state index in [-0.39, 0.29) is 25.7 Å². The maximum absolute atomic E-state index is 13.1. The monoisotopic (exact) mass is 1470 g/mol. The molecule has 0 bridgehead atoms. The smallest absolute Gasteiger partial charge is 0.462 e. The zero-order valence-corrected chi connectivity index (χ0v) is 67.3. The van der Waals surface area contributed by atoms with E-state index in [9.17, 15) is 43.2 Å². The van der Waals surface area contributed by atoms with Crippen LogP contribution in [-0.2, 0) is 65.4 Å². The van der Waals surface area contributed by atoms with E-state index in [2.05, 4.69) is 41.5 Å². The average molecular weight is 1470 g/mol. The second kappa shape index (κ2) is 72.6. The van der Waals surface area contributed by atoms with Crippen molar-refractivity contribution in [1.82, 2.24) is 0 Å². The third-order valence-electron chi connectivity index (χ3n) is 19.3. The number of hydrogen-bond acceptors (Lipinski definition) is 15. The van der Waals surface area contributed by atoms with Gasteiger partial charge in [0.05, 0.1) is 26.4 Å². The lowest BCUT2D eigenvalue weighted by molar-refractivity contribution is -0.161. The topological polar surface area (TPSA) is 237 Å². The average Bonchev–Trinajstić information content (AvgIpc) is 0.937. The van der Waals surface area contributed by atoms with Gasteiger partial charge in [-0.2, -0.15) is 0 Å². The summed E-state index contributed by atoms with van der Waals surface area (Å²) in [4.78, 5) is 73.0. The minimum Gasteiger partial charge on any atom is -0.462 e. The van der Waals surface area contributed by atoms with Crippen LogP contribution < -0.4 is 0 Å². The van der Waals surface area contributed by atoms with Gasteiger partial charge in [0.25, 0.3) is 0 Å². The minimum absolute atomic E-state index is 0.108. The minimum atomic E-state index is -4.96. The highest BCUT2D eigenvalue weighted by molar-refractivity contribution is 7.47. The Morgan fingerprint density at radius 1 is 0.290 bits per heavy atom. The summed E-state index contributed by atoms with van der Waals surface area (Å²) < 4.78 is 68.7. The van der Waals surface area contributed by atoms with Crippen molar-refractivity contribution >= 4 is 39.5 Å².